The largest absolute Gasteiger partial charge is 0.455 e. The molecule has 9 heteroatoms. The molecule has 188 valence electrons. The zero-order valence-electron chi connectivity index (χ0n) is 20.8. The van der Waals surface area contributed by atoms with Crippen LogP contribution in [0.1, 0.15) is 10.4 Å². The van der Waals surface area contributed by atoms with Gasteiger partial charge in [0, 0.05) is 55.0 Å². The van der Waals surface area contributed by atoms with Gasteiger partial charge in [0.2, 0.25) is 0 Å². The minimum Gasteiger partial charge on any atom is -0.455 e. The van der Waals surface area contributed by atoms with E-state index < -0.39 is 0 Å². The molecule has 0 saturated carbocycles. The van der Waals surface area contributed by atoms with Crippen molar-refractivity contribution in [2.75, 3.05) is 26.0 Å². The maximum atomic E-state index is 13.6. The van der Waals surface area contributed by atoms with E-state index in [0.717, 1.165) is 37.7 Å². The number of fused-ring (bicyclic) bond motifs is 2. The second kappa shape index (κ2) is 9.35. The summed E-state index contributed by atoms with van der Waals surface area (Å²) in [6.45, 7) is 0. The van der Waals surface area contributed by atoms with Crippen molar-refractivity contribution in [3.05, 3.63) is 84.6 Å². The van der Waals surface area contributed by atoms with Crippen LogP contribution in [-0.4, -0.2) is 42.0 Å². The number of rotatable bonds is 5. The lowest BCUT2D eigenvalue weighted by molar-refractivity contribution is 0.0964. The van der Waals surface area contributed by atoms with E-state index in [1.165, 1.54) is 29.8 Å². The van der Waals surface area contributed by atoms with Crippen LogP contribution in [0.2, 0.25) is 0 Å². The molecule has 0 atom stereocenters. The zero-order chi connectivity index (χ0) is 26.4. The summed E-state index contributed by atoms with van der Waals surface area (Å²) >= 11 is 1.51. The number of thiazole rings is 1. The Bertz CT molecular complexity index is 1790. The summed E-state index contributed by atoms with van der Waals surface area (Å²) in [4.78, 5) is 29.0. The number of carbonyl (C=O) groups is 1. The lowest BCUT2D eigenvalue weighted by Crippen LogP contribution is -2.18. The number of carbonyl (C=O) groups excluding carboxylic acids is 1. The molecule has 6 rings (SSSR count). The molecule has 0 aliphatic carbocycles. The van der Waals surface area contributed by atoms with Crippen LogP contribution >= 0.6 is 11.3 Å². The van der Waals surface area contributed by atoms with Gasteiger partial charge in [0.25, 0.3) is 5.91 Å². The number of aromatic nitrogens is 3. The summed E-state index contributed by atoms with van der Waals surface area (Å²) in [6.07, 6.45) is 3.23. The van der Waals surface area contributed by atoms with Crippen LogP contribution in [-0.2, 0) is 0 Å². The molecule has 0 unspecified atom stereocenters. The SMILES string of the molecule is CNC(=O)c1c(-c2ccc(F)cc2)oc2cc(N(C)C)c(-c3cccc(-c4nc5cncnc5s4)c3)cc12. The maximum absolute atomic E-state index is 13.6. The highest BCUT2D eigenvalue weighted by molar-refractivity contribution is 7.21. The van der Waals surface area contributed by atoms with E-state index in [1.54, 1.807) is 25.4 Å². The molecule has 3 heterocycles. The molecule has 1 N–H and O–H groups in total. The summed E-state index contributed by atoms with van der Waals surface area (Å²) < 4.78 is 19.8. The van der Waals surface area contributed by atoms with E-state index in [0.29, 0.717) is 27.9 Å². The minimum absolute atomic E-state index is 0.282. The van der Waals surface area contributed by atoms with E-state index in [9.17, 15) is 9.18 Å². The number of halogens is 1. The lowest BCUT2D eigenvalue weighted by Gasteiger charge is -2.18. The molecular formula is C29H22FN5O2S. The molecule has 0 aliphatic rings. The van der Waals surface area contributed by atoms with Gasteiger partial charge in [0.05, 0.1) is 11.8 Å². The Kier molecular flexibility index (Phi) is 5.84. The van der Waals surface area contributed by atoms with Crippen LogP contribution in [0.3, 0.4) is 0 Å². The number of amides is 1. The Hall–Kier alpha value is -4.63. The first-order valence-corrected chi connectivity index (χ1v) is 12.7. The summed E-state index contributed by atoms with van der Waals surface area (Å²) in [5.41, 5.74) is 6.13. The van der Waals surface area contributed by atoms with E-state index in [1.807, 2.05) is 49.3 Å². The van der Waals surface area contributed by atoms with Crippen molar-refractivity contribution in [2.45, 2.75) is 0 Å². The minimum atomic E-state index is -0.358. The average molecular weight is 524 g/mol. The van der Waals surface area contributed by atoms with Gasteiger partial charge < -0.3 is 14.6 Å². The molecule has 3 aromatic carbocycles. The highest BCUT2D eigenvalue weighted by atomic mass is 32.1. The summed E-state index contributed by atoms with van der Waals surface area (Å²) in [5, 5.41) is 4.24. The van der Waals surface area contributed by atoms with Gasteiger partial charge in [-0.2, -0.15) is 0 Å². The van der Waals surface area contributed by atoms with Gasteiger partial charge in [0.1, 0.15) is 38.8 Å². The molecule has 1 amide bonds. The van der Waals surface area contributed by atoms with Crippen molar-refractivity contribution in [1.82, 2.24) is 20.3 Å². The third-order valence-corrected chi connectivity index (χ3v) is 7.37. The average Bonchev–Trinajstić information content (AvgIpc) is 3.54. The number of hydrogen-bond donors (Lipinski definition) is 1. The fourth-order valence-electron chi connectivity index (χ4n) is 4.52. The molecule has 0 radical (unpaired) electrons. The van der Waals surface area contributed by atoms with Gasteiger partial charge in [-0.25, -0.2) is 19.3 Å². The predicted molar refractivity (Wildman–Crippen MR) is 149 cm³/mol. The third-order valence-electron chi connectivity index (χ3n) is 6.34. The van der Waals surface area contributed by atoms with Gasteiger partial charge in [0.15, 0.2) is 0 Å². The number of furan rings is 1. The molecule has 0 fully saturated rings. The Morgan fingerprint density at radius 2 is 1.82 bits per heavy atom. The van der Waals surface area contributed by atoms with Crippen molar-refractivity contribution in [1.29, 1.82) is 0 Å². The summed E-state index contributed by atoms with van der Waals surface area (Å²) in [7, 11) is 5.50. The normalized spacial score (nSPS) is 11.3. The fraction of sp³-hybridized carbons (Fsp3) is 0.103. The van der Waals surface area contributed by atoms with Crippen molar-refractivity contribution in [3.63, 3.8) is 0 Å². The summed E-state index contributed by atoms with van der Waals surface area (Å²) in [6, 6.07) is 18.0. The fourth-order valence-corrected chi connectivity index (χ4v) is 5.40. The first-order chi connectivity index (χ1) is 18.4. The van der Waals surface area contributed by atoms with Gasteiger partial charge in [-0.15, -0.1) is 0 Å². The van der Waals surface area contributed by atoms with Crippen LogP contribution in [0.5, 0.6) is 0 Å². The highest BCUT2D eigenvalue weighted by Crippen LogP contribution is 2.41. The van der Waals surface area contributed by atoms with Crippen LogP contribution in [0.4, 0.5) is 10.1 Å². The van der Waals surface area contributed by atoms with E-state index in [4.69, 9.17) is 9.40 Å². The van der Waals surface area contributed by atoms with Crippen LogP contribution in [0, 0.1) is 5.82 Å². The Labute approximate surface area is 221 Å². The topological polar surface area (TPSA) is 84.2 Å². The number of nitrogens with zero attached hydrogens (tertiary/aromatic N) is 4. The van der Waals surface area contributed by atoms with E-state index in [-0.39, 0.29) is 11.7 Å². The van der Waals surface area contributed by atoms with Crippen molar-refractivity contribution >= 4 is 44.2 Å². The van der Waals surface area contributed by atoms with E-state index >= 15 is 0 Å². The van der Waals surface area contributed by atoms with Crippen LogP contribution in [0.25, 0.3) is 54.3 Å². The van der Waals surface area contributed by atoms with Gasteiger partial charge in [-0.1, -0.05) is 29.5 Å². The number of benzene rings is 3. The molecule has 0 bridgehead atoms. The van der Waals surface area contributed by atoms with Gasteiger partial charge in [-0.05, 0) is 42.0 Å². The number of nitrogens with one attached hydrogen (secondary N) is 1. The van der Waals surface area contributed by atoms with Crippen molar-refractivity contribution in [2.24, 2.45) is 0 Å². The first kappa shape index (κ1) is 23.7. The lowest BCUT2D eigenvalue weighted by atomic mass is 9.97. The van der Waals surface area contributed by atoms with E-state index in [2.05, 4.69) is 21.4 Å². The molecule has 6 aromatic rings. The molecule has 3 aromatic heterocycles. The Morgan fingerprint density at radius 3 is 2.55 bits per heavy atom. The van der Waals surface area contributed by atoms with Crippen molar-refractivity contribution < 1.29 is 13.6 Å². The second-order valence-electron chi connectivity index (χ2n) is 8.97. The zero-order valence-corrected chi connectivity index (χ0v) is 21.6. The van der Waals surface area contributed by atoms with Crippen LogP contribution in [0.15, 0.2) is 77.6 Å². The first-order valence-electron chi connectivity index (χ1n) is 11.9. The summed E-state index contributed by atoms with van der Waals surface area (Å²) in [5.74, 6) is -0.245. The Balaban J connectivity index is 1.56. The van der Waals surface area contributed by atoms with Gasteiger partial charge >= 0.3 is 0 Å². The monoisotopic (exact) mass is 523 g/mol. The number of hydrogen-bond acceptors (Lipinski definition) is 7. The van der Waals surface area contributed by atoms with Crippen LogP contribution < -0.4 is 10.2 Å². The molecule has 0 aliphatic heterocycles. The Morgan fingerprint density at radius 1 is 1.03 bits per heavy atom. The third kappa shape index (κ3) is 4.06. The van der Waals surface area contributed by atoms with Crippen molar-refractivity contribution in [3.8, 4) is 33.0 Å². The van der Waals surface area contributed by atoms with Gasteiger partial charge in [-0.3, -0.25) is 4.79 Å². The highest BCUT2D eigenvalue weighted by Gasteiger charge is 2.24. The quantitative estimate of drug-likeness (QED) is 0.282. The standard InChI is InChI=1S/C29H22FN5O2S/c1-31-27(36)25-21-12-20(17-5-4-6-18(11-17)28-34-22-14-32-15-33-29(22)38-28)23(35(2)3)13-24(21)37-26(25)16-7-9-19(30)10-8-16/h4-15H,1-3H3,(H,31,36). The second-order valence-corrected chi connectivity index (χ2v) is 9.94. The maximum Gasteiger partial charge on any atom is 0.255 e. The molecule has 7 nitrogen and oxygen atoms in total. The number of anilines is 1. The molecule has 0 saturated heterocycles. The molecule has 0 spiro atoms. The molecular weight excluding hydrogens is 501 g/mol. The predicted octanol–water partition coefficient (Wildman–Crippen LogP) is 6.40. The smallest absolute Gasteiger partial charge is 0.255 e. The molecule has 38 heavy (non-hydrogen) atoms.